The molecule has 3 aromatic rings. The number of aryl methyl sites for hydroxylation is 2. The third kappa shape index (κ3) is 6.73. The van der Waals surface area contributed by atoms with Crippen LogP contribution in [-0.4, -0.2) is 48.6 Å². The lowest BCUT2D eigenvalue weighted by atomic mass is 10.2. The molecule has 1 aromatic heterocycles. The quantitative estimate of drug-likeness (QED) is 0.500. The first-order chi connectivity index (χ1) is 14.9. The number of likely N-dealkylation sites (N-methyl/N-ethyl adjacent to an activating group) is 1. The maximum Gasteiger partial charge on any atom is 0.140 e. The molecule has 3 rings (SSSR count). The van der Waals surface area contributed by atoms with Gasteiger partial charge in [-0.2, -0.15) is 0 Å². The second kappa shape index (κ2) is 10.8. The molecule has 31 heavy (non-hydrogen) atoms. The maximum absolute atomic E-state index is 10.3. The zero-order chi connectivity index (χ0) is 22.2. The van der Waals surface area contributed by atoms with Crippen LogP contribution in [0.25, 0.3) is 0 Å². The van der Waals surface area contributed by atoms with Gasteiger partial charge in [0, 0.05) is 19.2 Å². The van der Waals surface area contributed by atoms with Gasteiger partial charge in [0.2, 0.25) is 0 Å². The molecule has 0 aliphatic heterocycles. The summed E-state index contributed by atoms with van der Waals surface area (Å²) in [6.07, 6.45) is -0.603. The fourth-order valence-electron chi connectivity index (χ4n) is 3.23. The maximum atomic E-state index is 10.3. The number of aromatic nitrogens is 1. The van der Waals surface area contributed by atoms with Crippen LogP contribution in [0, 0.1) is 13.8 Å². The van der Waals surface area contributed by atoms with Crippen LogP contribution in [0.2, 0.25) is 0 Å². The van der Waals surface area contributed by atoms with E-state index in [9.17, 15) is 5.11 Å². The first kappa shape index (κ1) is 22.7. The highest BCUT2D eigenvalue weighted by molar-refractivity contribution is 5.33. The zero-order valence-electron chi connectivity index (χ0n) is 18.5. The Balaban J connectivity index is 1.42. The van der Waals surface area contributed by atoms with Crippen LogP contribution in [0.1, 0.15) is 22.6 Å². The molecule has 1 atom stereocenters. The molecule has 7 heteroatoms. The summed E-state index contributed by atoms with van der Waals surface area (Å²) in [7, 11) is 3.58. The van der Waals surface area contributed by atoms with Gasteiger partial charge in [-0.05, 0) is 50.7 Å². The Labute approximate surface area is 183 Å². The molecule has 0 radical (unpaired) electrons. The van der Waals surface area contributed by atoms with Crippen molar-refractivity contribution in [2.75, 3.05) is 27.3 Å². The standard InChI is InChI=1S/C24H30N2O5/c1-17-24(18(2)31-25-17)16-30-21-10-8-19(9-11-21)13-26(3)14-20(27)15-29-23-7-5-6-22(12-23)28-4/h5-12,20,27H,13-16H2,1-4H3. The molecule has 166 valence electrons. The monoisotopic (exact) mass is 426 g/mol. The number of aliphatic hydroxyl groups is 1. The van der Waals surface area contributed by atoms with Gasteiger partial charge in [0.05, 0.1) is 18.4 Å². The van der Waals surface area contributed by atoms with Gasteiger partial charge in [-0.15, -0.1) is 0 Å². The van der Waals surface area contributed by atoms with E-state index >= 15 is 0 Å². The minimum Gasteiger partial charge on any atom is -0.497 e. The van der Waals surface area contributed by atoms with Gasteiger partial charge in [-0.1, -0.05) is 23.4 Å². The molecule has 2 aromatic carbocycles. The van der Waals surface area contributed by atoms with E-state index in [1.165, 1.54) is 0 Å². The van der Waals surface area contributed by atoms with E-state index < -0.39 is 6.10 Å². The molecule has 0 bridgehead atoms. The average Bonchev–Trinajstić information content (AvgIpc) is 3.09. The second-order valence-electron chi connectivity index (χ2n) is 7.58. The molecule has 7 nitrogen and oxygen atoms in total. The molecule has 0 aliphatic rings. The summed E-state index contributed by atoms with van der Waals surface area (Å²) in [5.41, 5.74) is 2.96. The topological polar surface area (TPSA) is 77.2 Å². The van der Waals surface area contributed by atoms with Crippen molar-refractivity contribution in [2.24, 2.45) is 0 Å². The van der Waals surface area contributed by atoms with Gasteiger partial charge in [-0.3, -0.25) is 4.90 Å². The highest BCUT2D eigenvalue weighted by atomic mass is 16.5. The normalized spacial score (nSPS) is 12.1. The molecular weight excluding hydrogens is 396 g/mol. The molecule has 0 saturated heterocycles. The minimum absolute atomic E-state index is 0.214. The molecule has 0 fully saturated rings. The van der Waals surface area contributed by atoms with E-state index in [1.54, 1.807) is 13.2 Å². The van der Waals surface area contributed by atoms with Gasteiger partial charge >= 0.3 is 0 Å². The SMILES string of the molecule is COc1cccc(OCC(O)CN(C)Cc2ccc(OCc3c(C)noc3C)cc2)c1. The Morgan fingerprint density at radius 3 is 2.45 bits per heavy atom. The van der Waals surface area contributed by atoms with Gasteiger partial charge in [0.15, 0.2) is 0 Å². The Hall–Kier alpha value is -3.03. The molecular formula is C24H30N2O5. The van der Waals surface area contributed by atoms with Crippen molar-refractivity contribution < 1.29 is 23.8 Å². The fraction of sp³-hybridized carbons (Fsp3) is 0.375. The van der Waals surface area contributed by atoms with E-state index in [1.807, 2.05) is 63.4 Å². The van der Waals surface area contributed by atoms with Crippen LogP contribution < -0.4 is 14.2 Å². The summed E-state index contributed by atoms with van der Waals surface area (Å²) >= 11 is 0. The first-order valence-corrected chi connectivity index (χ1v) is 10.2. The van der Waals surface area contributed by atoms with Gasteiger partial charge in [0.25, 0.3) is 0 Å². The van der Waals surface area contributed by atoms with Crippen LogP contribution in [-0.2, 0) is 13.2 Å². The van der Waals surface area contributed by atoms with Gasteiger partial charge in [-0.25, -0.2) is 0 Å². The zero-order valence-corrected chi connectivity index (χ0v) is 18.5. The lowest BCUT2D eigenvalue weighted by Gasteiger charge is -2.21. The van der Waals surface area contributed by atoms with Crippen LogP contribution in [0.5, 0.6) is 17.2 Å². The highest BCUT2D eigenvalue weighted by Crippen LogP contribution is 2.20. The number of hydrogen-bond acceptors (Lipinski definition) is 7. The van der Waals surface area contributed by atoms with Gasteiger partial charge < -0.3 is 23.8 Å². The molecule has 1 unspecified atom stereocenters. The van der Waals surface area contributed by atoms with E-state index in [4.69, 9.17) is 18.7 Å². The number of ether oxygens (including phenoxy) is 3. The summed E-state index contributed by atoms with van der Waals surface area (Å²) in [6.45, 7) is 5.64. The number of rotatable bonds is 11. The van der Waals surface area contributed by atoms with Crippen LogP contribution in [0.3, 0.4) is 0 Å². The Kier molecular flexibility index (Phi) is 7.92. The van der Waals surface area contributed by atoms with Crippen molar-refractivity contribution in [3.63, 3.8) is 0 Å². The predicted molar refractivity (Wildman–Crippen MR) is 118 cm³/mol. The lowest BCUT2D eigenvalue weighted by Crippen LogP contribution is -2.32. The van der Waals surface area contributed by atoms with E-state index in [2.05, 4.69) is 10.1 Å². The summed E-state index contributed by atoms with van der Waals surface area (Å²) in [5, 5.41) is 14.2. The number of methoxy groups -OCH3 is 1. The third-order valence-corrected chi connectivity index (χ3v) is 4.95. The van der Waals surface area contributed by atoms with E-state index in [0.717, 1.165) is 34.1 Å². The summed E-state index contributed by atoms with van der Waals surface area (Å²) < 4.78 is 21.9. The van der Waals surface area contributed by atoms with E-state index in [0.29, 0.717) is 25.4 Å². The van der Waals surface area contributed by atoms with Crippen molar-refractivity contribution in [3.05, 3.63) is 71.1 Å². The molecule has 0 spiro atoms. The second-order valence-corrected chi connectivity index (χ2v) is 7.58. The van der Waals surface area contributed by atoms with Gasteiger partial charge in [0.1, 0.15) is 42.3 Å². The van der Waals surface area contributed by atoms with Crippen molar-refractivity contribution in [1.82, 2.24) is 10.1 Å². The van der Waals surface area contributed by atoms with Crippen LogP contribution in [0.4, 0.5) is 0 Å². The summed E-state index contributed by atoms with van der Waals surface area (Å²) in [4.78, 5) is 2.05. The molecule has 0 saturated carbocycles. The molecule has 1 heterocycles. The number of hydrogen-bond donors (Lipinski definition) is 1. The Bertz CT molecular complexity index is 935. The predicted octanol–water partition coefficient (Wildman–Crippen LogP) is 3.75. The number of aliphatic hydroxyl groups excluding tert-OH is 1. The van der Waals surface area contributed by atoms with Crippen molar-refractivity contribution in [1.29, 1.82) is 0 Å². The fourth-order valence-corrected chi connectivity index (χ4v) is 3.23. The Morgan fingerprint density at radius 1 is 1.03 bits per heavy atom. The average molecular weight is 427 g/mol. The van der Waals surface area contributed by atoms with E-state index in [-0.39, 0.29) is 6.61 Å². The lowest BCUT2D eigenvalue weighted by molar-refractivity contribution is 0.0743. The summed E-state index contributed by atoms with van der Waals surface area (Å²) in [5.74, 6) is 2.97. The Morgan fingerprint density at radius 2 is 1.77 bits per heavy atom. The highest BCUT2D eigenvalue weighted by Gasteiger charge is 2.11. The third-order valence-electron chi connectivity index (χ3n) is 4.95. The van der Waals surface area contributed by atoms with Crippen molar-refractivity contribution >= 4 is 0 Å². The number of nitrogens with zero attached hydrogens (tertiary/aromatic N) is 2. The number of benzene rings is 2. The van der Waals surface area contributed by atoms with Crippen molar-refractivity contribution in [2.45, 2.75) is 33.1 Å². The molecule has 1 N–H and O–H groups in total. The molecule has 0 aliphatic carbocycles. The minimum atomic E-state index is -0.603. The van der Waals surface area contributed by atoms with Crippen LogP contribution in [0.15, 0.2) is 53.1 Å². The molecule has 0 amide bonds. The van der Waals surface area contributed by atoms with Crippen molar-refractivity contribution in [3.8, 4) is 17.2 Å². The first-order valence-electron chi connectivity index (χ1n) is 10.2. The smallest absolute Gasteiger partial charge is 0.140 e. The largest absolute Gasteiger partial charge is 0.497 e. The summed E-state index contributed by atoms with van der Waals surface area (Å²) in [6, 6.07) is 15.3. The van der Waals surface area contributed by atoms with Crippen LogP contribution >= 0.6 is 0 Å².